The molecule has 0 aromatic carbocycles. The smallest absolute Gasteiger partial charge is 0.240 e. The number of thiophene rings is 1. The molecule has 1 aliphatic heterocycles. The number of carbonyl (C=O) groups excluding carboxylic acids is 2. The van der Waals surface area contributed by atoms with Gasteiger partial charge in [-0.15, -0.1) is 11.3 Å². The summed E-state index contributed by atoms with van der Waals surface area (Å²) in [6, 6.07) is 1.89. The quantitative estimate of drug-likeness (QED) is 0.795. The van der Waals surface area contributed by atoms with Crippen LogP contribution in [0.25, 0.3) is 0 Å². The van der Waals surface area contributed by atoms with Gasteiger partial charge in [-0.1, -0.05) is 0 Å². The van der Waals surface area contributed by atoms with E-state index in [4.69, 9.17) is 5.73 Å². The van der Waals surface area contributed by atoms with E-state index in [-0.39, 0.29) is 30.9 Å². The van der Waals surface area contributed by atoms with Gasteiger partial charge < -0.3 is 5.73 Å². The maximum absolute atomic E-state index is 11.3. The number of hydrogen-bond acceptors (Lipinski definition) is 5. The molecule has 5 nitrogen and oxygen atoms in total. The first kappa shape index (κ1) is 12.7. The molecule has 0 bridgehead atoms. The van der Waals surface area contributed by atoms with Crippen molar-refractivity contribution in [3.63, 3.8) is 0 Å². The maximum atomic E-state index is 11.3. The highest BCUT2D eigenvalue weighted by molar-refractivity contribution is 9.10. The fraction of sp³-hybridized carbons (Fsp3) is 0.400. The maximum Gasteiger partial charge on any atom is 0.240 e. The second kappa shape index (κ2) is 5.26. The van der Waals surface area contributed by atoms with Gasteiger partial charge in [0.15, 0.2) is 0 Å². The fourth-order valence-electron chi connectivity index (χ4n) is 1.83. The minimum absolute atomic E-state index is 0.0821. The van der Waals surface area contributed by atoms with Crippen molar-refractivity contribution in [3.8, 4) is 0 Å². The summed E-state index contributed by atoms with van der Waals surface area (Å²) in [6.07, 6.45) is 0. The SMILES string of the molecule is NCC(c1cc(Br)cs1)N1CC(=O)NC(=O)C1. The number of piperazine rings is 1. The van der Waals surface area contributed by atoms with Gasteiger partial charge in [0.1, 0.15) is 0 Å². The summed E-state index contributed by atoms with van der Waals surface area (Å²) in [5.74, 6) is -0.536. The van der Waals surface area contributed by atoms with Crippen molar-refractivity contribution in [2.24, 2.45) is 5.73 Å². The minimum Gasteiger partial charge on any atom is -0.329 e. The highest BCUT2D eigenvalue weighted by Crippen LogP contribution is 2.29. The van der Waals surface area contributed by atoms with Gasteiger partial charge >= 0.3 is 0 Å². The Morgan fingerprint density at radius 2 is 2.12 bits per heavy atom. The zero-order chi connectivity index (χ0) is 12.4. The largest absolute Gasteiger partial charge is 0.329 e. The van der Waals surface area contributed by atoms with Crippen LogP contribution in [0.15, 0.2) is 15.9 Å². The Morgan fingerprint density at radius 3 is 2.59 bits per heavy atom. The number of nitrogens with two attached hydrogens (primary N) is 1. The van der Waals surface area contributed by atoms with Crippen molar-refractivity contribution >= 4 is 39.1 Å². The van der Waals surface area contributed by atoms with E-state index in [1.165, 1.54) is 0 Å². The van der Waals surface area contributed by atoms with Crippen LogP contribution >= 0.6 is 27.3 Å². The lowest BCUT2D eigenvalue weighted by molar-refractivity contribution is -0.137. The van der Waals surface area contributed by atoms with Crippen molar-refractivity contribution in [2.45, 2.75) is 6.04 Å². The summed E-state index contributed by atoms with van der Waals surface area (Å²) in [5.41, 5.74) is 5.74. The number of rotatable bonds is 3. The number of imide groups is 1. The Hall–Kier alpha value is -0.760. The predicted molar refractivity (Wildman–Crippen MR) is 68.5 cm³/mol. The molecule has 1 aromatic heterocycles. The molecule has 0 saturated carbocycles. The number of amides is 2. The van der Waals surface area contributed by atoms with Crippen molar-refractivity contribution in [1.29, 1.82) is 0 Å². The third kappa shape index (κ3) is 2.92. The second-order valence-electron chi connectivity index (χ2n) is 3.80. The van der Waals surface area contributed by atoms with Crippen LogP contribution in [-0.4, -0.2) is 36.3 Å². The van der Waals surface area contributed by atoms with Crippen molar-refractivity contribution in [1.82, 2.24) is 10.2 Å². The number of carbonyl (C=O) groups is 2. The standard InChI is InChI=1S/C10H12BrN3O2S/c11-6-1-8(17-5-6)7(2-12)14-3-9(15)13-10(16)4-14/h1,5,7H,2-4,12H2,(H,13,15,16). The normalized spacial score (nSPS) is 19.2. The molecule has 1 saturated heterocycles. The molecule has 0 radical (unpaired) electrons. The van der Waals surface area contributed by atoms with Crippen LogP contribution in [0, 0.1) is 0 Å². The van der Waals surface area contributed by atoms with E-state index in [9.17, 15) is 9.59 Å². The molecule has 92 valence electrons. The van der Waals surface area contributed by atoms with Crippen LogP contribution in [0.4, 0.5) is 0 Å². The number of nitrogens with one attached hydrogen (secondary N) is 1. The van der Waals surface area contributed by atoms with Crippen LogP contribution in [0.3, 0.4) is 0 Å². The molecule has 7 heteroatoms. The molecule has 1 atom stereocenters. The van der Waals surface area contributed by atoms with E-state index >= 15 is 0 Å². The number of hydrogen-bond donors (Lipinski definition) is 2. The molecular weight excluding hydrogens is 306 g/mol. The molecule has 1 unspecified atom stereocenters. The Balaban J connectivity index is 2.18. The van der Waals surface area contributed by atoms with Crippen LogP contribution in [0.2, 0.25) is 0 Å². The fourth-order valence-corrected chi connectivity index (χ4v) is 3.42. The average Bonchev–Trinajstić information content (AvgIpc) is 2.64. The molecule has 2 amide bonds. The van der Waals surface area contributed by atoms with Crippen molar-refractivity contribution in [3.05, 3.63) is 20.8 Å². The van der Waals surface area contributed by atoms with Crippen LogP contribution in [0.1, 0.15) is 10.9 Å². The third-order valence-electron chi connectivity index (χ3n) is 2.55. The average molecular weight is 318 g/mol. The van der Waals surface area contributed by atoms with E-state index in [0.29, 0.717) is 6.54 Å². The van der Waals surface area contributed by atoms with Crippen LogP contribution < -0.4 is 11.1 Å². The molecule has 17 heavy (non-hydrogen) atoms. The van der Waals surface area contributed by atoms with E-state index in [1.54, 1.807) is 16.2 Å². The molecule has 1 aliphatic rings. The molecule has 1 fully saturated rings. The zero-order valence-electron chi connectivity index (χ0n) is 8.98. The summed E-state index contributed by atoms with van der Waals surface area (Å²) in [6.45, 7) is 0.805. The Kier molecular flexibility index (Phi) is 3.93. The van der Waals surface area contributed by atoms with Gasteiger partial charge in [0, 0.05) is 21.3 Å². The lowest BCUT2D eigenvalue weighted by atomic mass is 10.2. The van der Waals surface area contributed by atoms with E-state index in [1.807, 2.05) is 11.4 Å². The monoisotopic (exact) mass is 317 g/mol. The van der Waals surface area contributed by atoms with Crippen LogP contribution in [-0.2, 0) is 9.59 Å². The van der Waals surface area contributed by atoms with Gasteiger partial charge in [-0.2, -0.15) is 0 Å². The van der Waals surface area contributed by atoms with Gasteiger partial charge in [-0.3, -0.25) is 19.8 Å². The predicted octanol–water partition coefficient (Wildman–Crippen LogP) is 0.469. The molecule has 1 aromatic rings. The van der Waals surface area contributed by atoms with Gasteiger partial charge in [-0.25, -0.2) is 0 Å². The highest BCUT2D eigenvalue weighted by atomic mass is 79.9. The molecular formula is C10H12BrN3O2S. The van der Waals surface area contributed by atoms with Crippen molar-refractivity contribution < 1.29 is 9.59 Å². The summed E-state index contributed by atoms with van der Waals surface area (Å²) in [5, 5.41) is 4.24. The topological polar surface area (TPSA) is 75.4 Å². The van der Waals surface area contributed by atoms with E-state index < -0.39 is 0 Å². The number of halogens is 1. The Bertz CT molecular complexity index is 433. The summed E-state index contributed by atoms with van der Waals surface area (Å²) < 4.78 is 0.990. The molecule has 2 heterocycles. The summed E-state index contributed by atoms with van der Waals surface area (Å²) >= 11 is 4.95. The second-order valence-corrected chi connectivity index (χ2v) is 5.65. The first-order chi connectivity index (χ1) is 8.10. The first-order valence-corrected chi connectivity index (χ1v) is 6.78. The van der Waals surface area contributed by atoms with Gasteiger partial charge in [0.25, 0.3) is 0 Å². The lowest BCUT2D eigenvalue weighted by Gasteiger charge is -2.31. The van der Waals surface area contributed by atoms with Gasteiger partial charge in [-0.05, 0) is 22.0 Å². The van der Waals surface area contributed by atoms with E-state index in [0.717, 1.165) is 9.35 Å². The number of nitrogens with zero attached hydrogens (tertiary/aromatic N) is 1. The highest BCUT2D eigenvalue weighted by Gasteiger charge is 2.29. The van der Waals surface area contributed by atoms with E-state index in [2.05, 4.69) is 21.2 Å². The van der Waals surface area contributed by atoms with Crippen LogP contribution in [0.5, 0.6) is 0 Å². The molecule has 0 spiro atoms. The van der Waals surface area contributed by atoms with Gasteiger partial charge in [0.2, 0.25) is 11.8 Å². The molecule has 0 aliphatic carbocycles. The Labute approximate surface area is 111 Å². The van der Waals surface area contributed by atoms with Crippen molar-refractivity contribution in [2.75, 3.05) is 19.6 Å². The third-order valence-corrected chi connectivity index (χ3v) is 4.35. The molecule has 2 rings (SSSR count). The summed E-state index contributed by atoms with van der Waals surface area (Å²) in [7, 11) is 0. The Morgan fingerprint density at radius 1 is 1.47 bits per heavy atom. The lowest BCUT2D eigenvalue weighted by Crippen LogP contribution is -2.53. The summed E-state index contributed by atoms with van der Waals surface area (Å²) in [4.78, 5) is 25.5. The van der Waals surface area contributed by atoms with Gasteiger partial charge in [0.05, 0.1) is 19.1 Å². The minimum atomic E-state index is -0.268. The molecule has 3 N–H and O–H groups in total. The first-order valence-electron chi connectivity index (χ1n) is 5.11. The zero-order valence-corrected chi connectivity index (χ0v) is 11.4.